The van der Waals surface area contributed by atoms with Gasteiger partial charge in [0.15, 0.2) is 0 Å². The average molecular weight is 179 g/mol. The zero-order valence-corrected chi connectivity index (χ0v) is 7.57. The van der Waals surface area contributed by atoms with Gasteiger partial charge >= 0.3 is 0 Å². The van der Waals surface area contributed by atoms with Gasteiger partial charge in [0, 0.05) is 12.2 Å². The van der Waals surface area contributed by atoms with Crippen molar-refractivity contribution in [3.05, 3.63) is 18.3 Å². The van der Waals surface area contributed by atoms with Crippen LogP contribution in [-0.4, -0.2) is 26.9 Å². The minimum Gasteiger partial charge on any atom is -0.390 e. The third-order valence-corrected chi connectivity index (χ3v) is 2.30. The lowest BCUT2D eigenvalue weighted by Gasteiger charge is -2.41. The van der Waals surface area contributed by atoms with Crippen molar-refractivity contribution in [1.29, 1.82) is 0 Å². The van der Waals surface area contributed by atoms with E-state index in [1.807, 2.05) is 19.1 Å². The number of nitrogens with zero attached hydrogens (tertiary/aromatic N) is 2. The highest BCUT2D eigenvalue weighted by molar-refractivity contribution is 5.34. The molecule has 1 fully saturated rings. The number of hydrogen-bond acceptors (Lipinski definition) is 4. The van der Waals surface area contributed by atoms with Crippen LogP contribution in [-0.2, 0) is 0 Å². The molecule has 0 aromatic carbocycles. The van der Waals surface area contributed by atoms with Crippen LogP contribution in [0.1, 0.15) is 19.8 Å². The molecule has 0 saturated heterocycles. The van der Waals surface area contributed by atoms with Gasteiger partial charge in [-0.15, -0.1) is 5.10 Å². The fraction of sp³-hybridized carbons (Fsp3) is 0.556. The van der Waals surface area contributed by atoms with Gasteiger partial charge in [-0.3, -0.25) is 0 Å². The first-order valence-corrected chi connectivity index (χ1v) is 4.42. The molecule has 4 heteroatoms. The maximum Gasteiger partial charge on any atom is 0.148 e. The summed E-state index contributed by atoms with van der Waals surface area (Å²) < 4.78 is 0. The molecule has 0 unspecified atom stereocenters. The molecule has 1 heterocycles. The molecule has 2 N–H and O–H groups in total. The van der Waals surface area contributed by atoms with Crippen LogP contribution in [0.3, 0.4) is 0 Å². The predicted molar refractivity (Wildman–Crippen MR) is 49.3 cm³/mol. The normalized spacial score (nSPS) is 32.3. The van der Waals surface area contributed by atoms with Gasteiger partial charge < -0.3 is 10.4 Å². The van der Waals surface area contributed by atoms with E-state index in [-0.39, 0.29) is 0 Å². The second-order valence-electron chi connectivity index (χ2n) is 3.86. The Bertz CT molecular complexity index is 278. The molecular formula is C9H13N3O. The Balaban J connectivity index is 1.88. The van der Waals surface area contributed by atoms with Gasteiger partial charge in [0.25, 0.3) is 0 Å². The molecule has 70 valence electrons. The van der Waals surface area contributed by atoms with Crippen LogP contribution in [0.5, 0.6) is 0 Å². The summed E-state index contributed by atoms with van der Waals surface area (Å²) in [6, 6.07) is 4.05. The molecular weight excluding hydrogens is 166 g/mol. The topological polar surface area (TPSA) is 58.0 Å². The molecule has 1 saturated carbocycles. The summed E-state index contributed by atoms with van der Waals surface area (Å²) in [6.45, 7) is 1.85. The summed E-state index contributed by atoms with van der Waals surface area (Å²) in [5.41, 5.74) is -0.486. The Labute approximate surface area is 77.0 Å². The molecule has 0 bridgehead atoms. The Kier molecular flexibility index (Phi) is 1.92. The fourth-order valence-corrected chi connectivity index (χ4v) is 1.69. The Hall–Kier alpha value is -1.16. The Morgan fingerprint density at radius 3 is 2.92 bits per heavy atom. The minimum atomic E-state index is -0.486. The van der Waals surface area contributed by atoms with Crippen LogP contribution >= 0.6 is 0 Å². The van der Waals surface area contributed by atoms with Crippen molar-refractivity contribution in [2.45, 2.75) is 31.4 Å². The van der Waals surface area contributed by atoms with E-state index in [2.05, 4.69) is 15.5 Å². The van der Waals surface area contributed by atoms with Crippen molar-refractivity contribution >= 4 is 5.82 Å². The van der Waals surface area contributed by atoms with E-state index < -0.39 is 5.60 Å². The highest BCUT2D eigenvalue weighted by atomic mass is 16.3. The van der Waals surface area contributed by atoms with Crippen LogP contribution in [0, 0.1) is 0 Å². The standard InChI is InChI=1S/C9H13N3O/c1-9(13)5-7(6-9)11-8-3-2-4-10-12-8/h2-4,7,13H,5-6H2,1H3,(H,11,12). The second kappa shape index (κ2) is 2.96. The zero-order valence-electron chi connectivity index (χ0n) is 7.57. The summed E-state index contributed by atoms with van der Waals surface area (Å²) in [5, 5.41) is 20.3. The lowest BCUT2D eigenvalue weighted by atomic mass is 9.77. The van der Waals surface area contributed by atoms with Crippen molar-refractivity contribution < 1.29 is 5.11 Å². The smallest absolute Gasteiger partial charge is 0.148 e. The highest BCUT2D eigenvalue weighted by Gasteiger charge is 2.38. The number of aromatic nitrogens is 2. The van der Waals surface area contributed by atoms with Crippen LogP contribution in [0.15, 0.2) is 18.3 Å². The maximum absolute atomic E-state index is 9.49. The third-order valence-electron chi connectivity index (χ3n) is 2.30. The van der Waals surface area contributed by atoms with Crippen molar-refractivity contribution in [2.24, 2.45) is 0 Å². The average Bonchev–Trinajstić information content (AvgIpc) is 2.03. The first-order valence-electron chi connectivity index (χ1n) is 4.42. The monoisotopic (exact) mass is 179 g/mol. The molecule has 0 spiro atoms. The second-order valence-corrected chi connectivity index (χ2v) is 3.86. The van der Waals surface area contributed by atoms with Crippen LogP contribution in [0.4, 0.5) is 5.82 Å². The zero-order chi connectivity index (χ0) is 9.31. The molecule has 13 heavy (non-hydrogen) atoms. The van der Waals surface area contributed by atoms with Crippen molar-refractivity contribution in [3.63, 3.8) is 0 Å². The number of rotatable bonds is 2. The molecule has 0 radical (unpaired) electrons. The van der Waals surface area contributed by atoms with Gasteiger partial charge in [-0.25, -0.2) is 0 Å². The van der Waals surface area contributed by atoms with Crippen LogP contribution in [0.25, 0.3) is 0 Å². The van der Waals surface area contributed by atoms with Gasteiger partial charge in [0.2, 0.25) is 0 Å². The van der Waals surface area contributed by atoms with E-state index in [1.165, 1.54) is 0 Å². The first-order chi connectivity index (χ1) is 6.16. The molecule has 1 aliphatic rings. The SMILES string of the molecule is CC1(O)CC(Nc2cccnn2)C1. The summed E-state index contributed by atoms with van der Waals surface area (Å²) in [4.78, 5) is 0. The quantitative estimate of drug-likeness (QED) is 0.705. The number of anilines is 1. The van der Waals surface area contributed by atoms with E-state index in [1.54, 1.807) is 6.20 Å². The van der Waals surface area contributed by atoms with E-state index in [9.17, 15) is 5.11 Å². The number of hydrogen-bond donors (Lipinski definition) is 2. The molecule has 2 rings (SSSR count). The van der Waals surface area contributed by atoms with E-state index in [0.717, 1.165) is 18.7 Å². The van der Waals surface area contributed by atoms with Crippen molar-refractivity contribution in [1.82, 2.24) is 10.2 Å². The fourth-order valence-electron chi connectivity index (χ4n) is 1.69. The molecule has 0 aliphatic heterocycles. The molecule has 1 aliphatic carbocycles. The highest BCUT2D eigenvalue weighted by Crippen LogP contribution is 2.33. The Morgan fingerprint density at radius 1 is 1.62 bits per heavy atom. The molecule has 1 aromatic rings. The van der Waals surface area contributed by atoms with E-state index in [0.29, 0.717) is 6.04 Å². The summed E-state index contributed by atoms with van der Waals surface area (Å²) in [6.07, 6.45) is 3.20. The van der Waals surface area contributed by atoms with Crippen molar-refractivity contribution in [3.8, 4) is 0 Å². The molecule has 0 amide bonds. The first kappa shape index (κ1) is 8.44. The lowest BCUT2D eigenvalue weighted by molar-refractivity contribution is -0.0235. The summed E-state index contributed by atoms with van der Waals surface area (Å²) in [7, 11) is 0. The van der Waals surface area contributed by atoms with Crippen molar-refractivity contribution in [2.75, 3.05) is 5.32 Å². The summed E-state index contributed by atoms with van der Waals surface area (Å²) >= 11 is 0. The minimum absolute atomic E-state index is 0.340. The van der Waals surface area contributed by atoms with Crippen LogP contribution in [0.2, 0.25) is 0 Å². The molecule has 0 atom stereocenters. The van der Waals surface area contributed by atoms with E-state index >= 15 is 0 Å². The van der Waals surface area contributed by atoms with E-state index in [4.69, 9.17) is 0 Å². The predicted octanol–water partition coefficient (Wildman–Crippen LogP) is 0.802. The maximum atomic E-state index is 9.49. The number of aliphatic hydroxyl groups is 1. The molecule has 1 aromatic heterocycles. The van der Waals surface area contributed by atoms with Gasteiger partial charge in [-0.05, 0) is 31.9 Å². The third kappa shape index (κ3) is 1.95. The Morgan fingerprint density at radius 2 is 2.38 bits per heavy atom. The largest absolute Gasteiger partial charge is 0.390 e. The van der Waals surface area contributed by atoms with Gasteiger partial charge in [-0.1, -0.05) is 0 Å². The van der Waals surface area contributed by atoms with Gasteiger partial charge in [0.05, 0.1) is 5.60 Å². The molecule has 4 nitrogen and oxygen atoms in total. The lowest BCUT2D eigenvalue weighted by Crippen LogP contribution is -2.48. The van der Waals surface area contributed by atoms with Gasteiger partial charge in [0.1, 0.15) is 5.82 Å². The van der Waals surface area contributed by atoms with Gasteiger partial charge in [-0.2, -0.15) is 5.10 Å². The number of nitrogens with one attached hydrogen (secondary N) is 1. The summed E-state index contributed by atoms with van der Waals surface area (Å²) in [5.74, 6) is 0.781. The van der Waals surface area contributed by atoms with Crippen LogP contribution < -0.4 is 5.32 Å².